The van der Waals surface area contributed by atoms with E-state index in [1.54, 1.807) is 6.07 Å². The van der Waals surface area contributed by atoms with Crippen molar-refractivity contribution < 1.29 is 8.42 Å². The van der Waals surface area contributed by atoms with E-state index in [4.69, 9.17) is 0 Å². The largest absolute Gasteiger partial charge is 0.310 e. The molecule has 1 saturated carbocycles. The maximum atomic E-state index is 12.1. The standard InChI is InChI=1S/C11H15N5O2S2/c17-20(18,15-5-10-13-7-14-16-10)11-3-8(6-19-11)4-12-9-1-2-9/h3,6-7,9,12,15H,1-2,4-5H2,(H,13,14,16). The summed E-state index contributed by atoms with van der Waals surface area (Å²) >= 11 is 1.23. The zero-order valence-corrected chi connectivity index (χ0v) is 12.3. The Hall–Kier alpha value is -1.29. The van der Waals surface area contributed by atoms with Gasteiger partial charge in [0, 0.05) is 12.6 Å². The third-order valence-corrected chi connectivity index (χ3v) is 5.85. The van der Waals surface area contributed by atoms with Crippen LogP contribution in [0, 0.1) is 0 Å². The number of aromatic amines is 1. The summed E-state index contributed by atoms with van der Waals surface area (Å²) in [5.74, 6) is 0.487. The van der Waals surface area contributed by atoms with Gasteiger partial charge in [-0.25, -0.2) is 18.1 Å². The van der Waals surface area contributed by atoms with Crippen molar-refractivity contribution >= 4 is 21.4 Å². The highest BCUT2D eigenvalue weighted by molar-refractivity contribution is 7.91. The molecule has 1 fully saturated rings. The Morgan fingerprint density at radius 1 is 1.40 bits per heavy atom. The molecule has 108 valence electrons. The third kappa shape index (κ3) is 3.42. The maximum Gasteiger partial charge on any atom is 0.250 e. The molecule has 1 aliphatic carbocycles. The minimum absolute atomic E-state index is 0.107. The highest BCUT2D eigenvalue weighted by atomic mass is 32.2. The molecule has 3 rings (SSSR count). The lowest BCUT2D eigenvalue weighted by Gasteiger charge is -2.02. The van der Waals surface area contributed by atoms with Crippen LogP contribution < -0.4 is 10.0 Å². The van der Waals surface area contributed by atoms with Gasteiger partial charge in [-0.1, -0.05) is 0 Å². The summed E-state index contributed by atoms with van der Waals surface area (Å²) in [6, 6.07) is 2.32. The summed E-state index contributed by atoms with van der Waals surface area (Å²) in [6.07, 6.45) is 3.78. The molecule has 0 aromatic carbocycles. The SMILES string of the molecule is O=S(=O)(NCc1ncn[nH]1)c1cc(CNC2CC2)cs1. The predicted molar refractivity (Wildman–Crippen MR) is 74.6 cm³/mol. The maximum absolute atomic E-state index is 12.1. The van der Waals surface area contributed by atoms with Crippen molar-refractivity contribution in [1.29, 1.82) is 0 Å². The average molecular weight is 313 g/mol. The first-order valence-corrected chi connectivity index (χ1v) is 8.64. The second-order valence-electron chi connectivity index (χ2n) is 4.69. The van der Waals surface area contributed by atoms with Crippen molar-refractivity contribution in [2.24, 2.45) is 0 Å². The van der Waals surface area contributed by atoms with Crippen molar-refractivity contribution in [3.63, 3.8) is 0 Å². The van der Waals surface area contributed by atoms with Crippen molar-refractivity contribution in [3.8, 4) is 0 Å². The molecule has 0 radical (unpaired) electrons. The number of thiophene rings is 1. The van der Waals surface area contributed by atoms with Gasteiger partial charge < -0.3 is 5.32 Å². The van der Waals surface area contributed by atoms with Gasteiger partial charge in [-0.2, -0.15) is 5.10 Å². The molecule has 0 atom stereocenters. The minimum Gasteiger partial charge on any atom is -0.310 e. The summed E-state index contributed by atoms with van der Waals surface area (Å²) in [7, 11) is -3.49. The van der Waals surface area contributed by atoms with E-state index in [0.717, 1.165) is 12.1 Å². The topological polar surface area (TPSA) is 99.8 Å². The van der Waals surface area contributed by atoms with Gasteiger partial charge in [0.15, 0.2) is 0 Å². The fourth-order valence-electron chi connectivity index (χ4n) is 1.69. The molecule has 3 N–H and O–H groups in total. The number of rotatable bonds is 7. The van der Waals surface area contributed by atoms with E-state index in [1.165, 1.54) is 30.5 Å². The Labute approximate surface area is 120 Å². The second-order valence-corrected chi connectivity index (χ2v) is 7.59. The number of nitrogens with one attached hydrogen (secondary N) is 3. The van der Waals surface area contributed by atoms with Crippen LogP contribution in [0.3, 0.4) is 0 Å². The molecule has 2 heterocycles. The summed E-state index contributed by atoms with van der Waals surface area (Å²) in [5.41, 5.74) is 1.00. The van der Waals surface area contributed by atoms with Crippen LogP contribution in [-0.4, -0.2) is 29.6 Å². The molecule has 2 aromatic heterocycles. The van der Waals surface area contributed by atoms with Crippen molar-refractivity contribution in [3.05, 3.63) is 29.2 Å². The number of aromatic nitrogens is 3. The molecule has 0 unspecified atom stereocenters. The number of hydrogen-bond donors (Lipinski definition) is 3. The number of sulfonamides is 1. The van der Waals surface area contributed by atoms with Crippen LogP contribution in [-0.2, 0) is 23.1 Å². The lowest BCUT2D eigenvalue weighted by molar-refractivity contribution is 0.581. The van der Waals surface area contributed by atoms with E-state index < -0.39 is 10.0 Å². The molecular weight excluding hydrogens is 298 g/mol. The van der Waals surface area contributed by atoms with Crippen LogP contribution in [0.1, 0.15) is 24.2 Å². The lowest BCUT2D eigenvalue weighted by Crippen LogP contribution is -2.23. The van der Waals surface area contributed by atoms with Crippen LogP contribution in [0.2, 0.25) is 0 Å². The molecular formula is C11H15N5O2S2. The van der Waals surface area contributed by atoms with E-state index in [-0.39, 0.29) is 6.54 Å². The van der Waals surface area contributed by atoms with Crippen LogP contribution in [0.15, 0.2) is 22.0 Å². The number of nitrogens with zero attached hydrogens (tertiary/aromatic N) is 2. The van der Waals surface area contributed by atoms with Gasteiger partial charge in [0.25, 0.3) is 0 Å². The molecule has 0 aliphatic heterocycles. The zero-order valence-electron chi connectivity index (χ0n) is 10.7. The van der Waals surface area contributed by atoms with Crippen molar-refractivity contribution in [1.82, 2.24) is 25.2 Å². The molecule has 2 aromatic rings. The Bertz CT molecular complexity index is 661. The third-order valence-electron chi connectivity index (χ3n) is 2.96. The molecule has 0 amide bonds. The normalized spacial score (nSPS) is 15.6. The van der Waals surface area contributed by atoms with Gasteiger partial charge in [-0.3, -0.25) is 5.10 Å². The van der Waals surface area contributed by atoms with Gasteiger partial charge >= 0.3 is 0 Å². The lowest BCUT2D eigenvalue weighted by atomic mass is 10.3. The summed E-state index contributed by atoms with van der Waals surface area (Å²) in [5, 5.41) is 11.5. The van der Waals surface area contributed by atoms with Crippen molar-refractivity contribution in [2.75, 3.05) is 0 Å². The van der Waals surface area contributed by atoms with E-state index in [1.807, 2.05) is 5.38 Å². The average Bonchev–Trinajstić information content (AvgIpc) is 2.94. The zero-order chi connectivity index (χ0) is 14.0. The van der Waals surface area contributed by atoms with Gasteiger partial charge in [0.05, 0.1) is 6.54 Å². The first kappa shape index (κ1) is 13.7. The smallest absolute Gasteiger partial charge is 0.250 e. The van der Waals surface area contributed by atoms with E-state index in [9.17, 15) is 8.42 Å². The summed E-state index contributed by atoms with van der Waals surface area (Å²) in [6.45, 7) is 0.828. The Morgan fingerprint density at radius 2 is 2.25 bits per heavy atom. The fourth-order valence-corrected chi connectivity index (χ4v) is 3.93. The van der Waals surface area contributed by atoms with Gasteiger partial charge in [0.2, 0.25) is 10.0 Å². The summed E-state index contributed by atoms with van der Waals surface area (Å²) in [4.78, 5) is 3.87. The first-order chi connectivity index (χ1) is 9.63. The van der Waals surface area contributed by atoms with Crippen LogP contribution in [0.5, 0.6) is 0 Å². The molecule has 7 nitrogen and oxygen atoms in total. The van der Waals surface area contributed by atoms with Crippen LogP contribution in [0.25, 0.3) is 0 Å². The fraction of sp³-hybridized carbons (Fsp3) is 0.455. The highest BCUT2D eigenvalue weighted by Crippen LogP contribution is 2.23. The highest BCUT2D eigenvalue weighted by Gasteiger charge is 2.21. The molecule has 20 heavy (non-hydrogen) atoms. The van der Waals surface area contributed by atoms with E-state index >= 15 is 0 Å². The Morgan fingerprint density at radius 3 is 2.95 bits per heavy atom. The number of hydrogen-bond acceptors (Lipinski definition) is 6. The molecule has 0 bridgehead atoms. The van der Waals surface area contributed by atoms with Crippen molar-refractivity contribution in [2.45, 2.75) is 36.2 Å². The minimum atomic E-state index is -3.49. The summed E-state index contributed by atoms with van der Waals surface area (Å²) < 4.78 is 27.0. The number of H-pyrrole nitrogens is 1. The van der Waals surface area contributed by atoms with Crippen LogP contribution >= 0.6 is 11.3 Å². The molecule has 0 spiro atoms. The van der Waals surface area contributed by atoms with Gasteiger partial charge in [-0.05, 0) is 29.9 Å². The quantitative estimate of drug-likeness (QED) is 0.695. The molecule has 1 aliphatic rings. The first-order valence-electron chi connectivity index (χ1n) is 6.28. The van der Waals surface area contributed by atoms with E-state index in [0.29, 0.717) is 16.1 Å². The molecule has 0 saturated heterocycles. The molecule has 9 heteroatoms. The second kappa shape index (κ2) is 5.60. The Kier molecular flexibility index (Phi) is 3.83. The predicted octanol–water partition coefficient (Wildman–Crippen LogP) is 0.597. The van der Waals surface area contributed by atoms with Gasteiger partial charge in [-0.15, -0.1) is 11.3 Å². The Balaban J connectivity index is 1.61. The van der Waals surface area contributed by atoms with E-state index in [2.05, 4.69) is 25.2 Å². The monoisotopic (exact) mass is 313 g/mol. The van der Waals surface area contributed by atoms with Crippen LogP contribution in [0.4, 0.5) is 0 Å². The van der Waals surface area contributed by atoms with Gasteiger partial charge in [0.1, 0.15) is 16.4 Å².